The van der Waals surface area contributed by atoms with Gasteiger partial charge in [0.1, 0.15) is 5.75 Å². The summed E-state index contributed by atoms with van der Waals surface area (Å²) in [5.41, 5.74) is 1.11. The van der Waals surface area contributed by atoms with Gasteiger partial charge in [0.15, 0.2) is 11.5 Å². The highest BCUT2D eigenvalue weighted by Crippen LogP contribution is 2.28. The van der Waals surface area contributed by atoms with Crippen molar-refractivity contribution in [3.8, 4) is 17.2 Å². The van der Waals surface area contributed by atoms with Crippen LogP contribution in [0.5, 0.6) is 17.2 Å². The van der Waals surface area contributed by atoms with Crippen molar-refractivity contribution in [2.24, 2.45) is 0 Å². The van der Waals surface area contributed by atoms with Crippen LogP contribution in [0, 0.1) is 0 Å². The molecule has 0 aromatic heterocycles. The number of hydrogen-bond donors (Lipinski definition) is 0. The predicted octanol–water partition coefficient (Wildman–Crippen LogP) is 6.09. The van der Waals surface area contributed by atoms with E-state index in [4.69, 9.17) is 32.2 Å². The number of methoxy groups -OCH3 is 2. The van der Waals surface area contributed by atoms with Gasteiger partial charge in [0.25, 0.3) is 0 Å². The number of unbranched alkanes of at least 4 members (excludes halogenated alkanes) is 3. The van der Waals surface area contributed by atoms with Crippen LogP contribution in [0.2, 0.25) is 6.04 Å². The Bertz CT molecular complexity index is 1050. The van der Waals surface area contributed by atoms with Gasteiger partial charge >= 0.3 is 20.7 Å². The lowest BCUT2D eigenvalue weighted by Gasteiger charge is -2.28. The number of rotatable bonds is 19. The average Bonchev–Trinajstić information content (AvgIpc) is 2.96. The molecular formula is C30H42O9Si. The Kier molecular flexibility index (Phi) is 15.0. The highest BCUT2D eigenvalue weighted by atomic mass is 28.4. The lowest BCUT2D eigenvalue weighted by Crippen LogP contribution is -2.45. The lowest BCUT2D eigenvalue weighted by molar-refractivity contribution is -0.137. The Morgan fingerprint density at radius 1 is 0.775 bits per heavy atom. The molecule has 0 spiro atoms. The topological polar surface area (TPSA) is 98.8 Å². The molecule has 0 aliphatic heterocycles. The van der Waals surface area contributed by atoms with E-state index >= 15 is 0 Å². The number of hydrogen-bond acceptors (Lipinski definition) is 9. The van der Waals surface area contributed by atoms with Crippen molar-refractivity contribution in [1.82, 2.24) is 0 Å². The molecule has 2 aromatic carbocycles. The lowest BCUT2D eigenvalue weighted by atomic mass is 10.2. The highest BCUT2D eigenvalue weighted by Gasteiger charge is 2.39. The van der Waals surface area contributed by atoms with Gasteiger partial charge in [-0.1, -0.05) is 25.0 Å². The molecule has 0 bridgehead atoms. The van der Waals surface area contributed by atoms with Gasteiger partial charge in [-0.3, -0.25) is 0 Å². The van der Waals surface area contributed by atoms with Crippen molar-refractivity contribution in [1.29, 1.82) is 0 Å². The Hall–Kier alpha value is -3.18. The highest BCUT2D eigenvalue weighted by molar-refractivity contribution is 6.60. The van der Waals surface area contributed by atoms with Crippen LogP contribution in [-0.4, -0.2) is 61.4 Å². The number of benzene rings is 2. The van der Waals surface area contributed by atoms with Gasteiger partial charge in [0.2, 0.25) is 0 Å². The Labute approximate surface area is 238 Å². The minimum absolute atomic E-state index is 0.334. The van der Waals surface area contributed by atoms with E-state index in [1.54, 1.807) is 48.5 Å². The quantitative estimate of drug-likeness (QED) is 0.0649. The maximum atomic E-state index is 12.5. The summed E-state index contributed by atoms with van der Waals surface area (Å²) < 4.78 is 38.8. The molecule has 10 heteroatoms. The van der Waals surface area contributed by atoms with Crippen LogP contribution in [0.15, 0.2) is 48.5 Å². The van der Waals surface area contributed by atoms with E-state index in [-0.39, 0.29) is 0 Å². The van der Waals surface area contributed by atoms with E-state index in [0.29, 0.717) is 49.2 Å². The summed E-state index contributed by atoms with van der Waals surface area (Å²) >= 11 is 0. The van der Waals surface area contributed by atoms with Gasteiger partial charge in [-0.05, 0) is 75.6 Å². The van der Waals surface area contributed by atoms with E-state index in [2.05, 4.69) is 0 Å². The monoisotopic (exact) mass is 574 g/mol. The fourth-order valence-corrected chi connectivity index (χ4v) is 6.65. The second-order valence-corrected chi connectivity index (χ2v) is 11.4. The summed E-state index contributed by atoms with van der Waals surface area (Å²) in [5, 5.41) is 0. The van der Waals surface area contributed by atoms with Crippen LogP contribution >= 0.6 is 0 Å². The van der Waals surface area contributed by atoms with Crippen molar-refractivity contribution in [2.45, 2.75) is 52.5 Å². The molecule has 0 fully saturated rings. The second kappa shape index (κ2) is 18.2. The summed E-state index contributed by atoms with van der Waals surface area (Å²) in [6.07, 6.45) is 6.69. The van der Waals surface area contributed by atoms with Gasteiger partial charge in [-0.2, -0.15) is 0 Å². The number of esters is 2. The molecule has 0 radical (unpaired) electrons. The molecule has 0 unspecified atom stereocenters. The molecule has 0 N–H and O–H groups in total. The summed E-state index contributed by atoms with van der Waals surface area (Å²) in [5.74, 6) is 0.416. The molecule has 0 saturated heterocycles. The number of ether oxygens (including phenoxy) is 4. The standard InChI is InChI=1S/C30H42O9Si/c1-6-36-40(37-7-2,38-8-3)22-12-10-9-11-21-35-29(31)20-15-24-13-17-26(18-14-24)39-30(32)25-16-19-27(33-4)28(23-25)34-5/h13-20,23H,6-12,21-22H2,1-5H3/b20-15+. The van der Waals surface area contributed by atoms with Gasteiger partial charge in [0, 0.05) is 31.9 Å². The maximum absolute atomic E-state index is 12.5. The van der Waals surface area contributed by atoms with Crippen molar-refractivity contribution in [3.63, 3.8) is 0 Å². The van der Waals surface area contributed by atoms with Crippen LogP contribution in [-0.2, 0) is 22.8 Å². The smallest absolute Gasteiger partial charge is 0.493 e. The Morgan fingerprint density at radius 2 is 1.40 bits per heavy atom. The molecule has 0 amide bonds. The van der Waals surface area contributed by atoms with Crippen LogP contribution < -0.4 is 14.2 Å². The normalized spacial score (nSPS) is 11.4. The molecule has 0 atom stereocenters. The molecule has 0 saturated carbocycles. The zero-order chi connectivity index (χ0) is 29.2. The molecule has 2 rings (SSSR count). The van der Waals surface area contributed by atoms with E-state index in [0.717, 1.165) is 37.3 Å². The molecule has 9 nitrogen and oxygen atoms in total. The zero-order valence-corrected chi connectivity index (χ0v) is 25.2. The van der Waals surface area contributed by atoms with E-state index in [9.17, 15) is 9.59 Å². The first-order chi connectivity index (χ1) is 19.4. The molecule has 40 heavy (non-hydrogen) atoms. The fourth-order valence-electron chi connectivity index (χ4n) is 3.96. The third kappa shape index (κ3) is 11.1. The zero-order valence-electron chi connectivity index (χ0n) is 24.2. The number of carbonyl (C=O) groups excluding carboxylic acids is 2. The van der Waals surface area contributed by atoms with E-state index in [1.165, 1.54) is 20.3 Å². The van der Waals surface area contributed by atoms with Crippen molar-refractivity contribution in [2.75, 3.05) is 40.6 Å². The van der Waals surface area contributed by atoms with Gasteiger partial charge in [0.05, 0.1) is 26.4 Å². The van der Waals surface area contributed by atoms with E-state index in [1.807, 2.05) is 20.8 Å². The Balaban J connectivity index is 1.71. The summed E-state index contributed by atoms with van der Waals surface area (Å²) in [7, 11) is 0.437. The SMILES string of the molecule is CCO[Si](CCCCCCOC(=O)/C=C/c1ccc(OC(=O)c2ccc(OC)c(OC)c2)cc1)(OCC)OCC. The van der Waals surface area contributed by atoms with Gasteiger partial charge in [-0.25, -0.2) is 9.59 Å². The fraction of sp³-hybridized carbons (Fsp3) is 0.467. The van der Waals surface area contributed by atoms with Gasteiger partial charge < -0.3 is 32.2 Å². The largest absolute Gasteiger partial charge is 0.500 e. The summed E-state index contributed by atoms with van der Waals surface area (Å²) in [4.78, 5) is 24.6. The van der Waals surface area contributed by atoms with Crippen molar-refractivity contribution < 1.29 is 41.8 Å². The van der Waals surface area contributed by atoms with E-state index < -0.39 is 20.7 Å². The van der Waals surface area contributed by atoms with Crippen molar-refractivity contribution in [3.05, 3.63) is 59.7 Å². The van der Waals surface area contributed by atoms with Crippen LogP contribution in [0.3, 0.4) is 0 Å². The van der Waals surface area contributed by atoms with Gasteiger partial charge in [-0.15, -0.1) is 0 Å². The molecule has 0 heterocycles. The average molecular weight is 575 g/mol. The van der Waals surface area contributed by atoms with Crippen LogP contribution in [0.4, 0.5) is 0 Å². The summed E-state index contributed by atoms with van der Waals surface area (Å²) in [6.45, 7) is 7.96. The Morgan fingerprint density at radius 3 is 2.00 bits per heavy atom. The van der Waals surface area contributed by atoms with Crippen LogP contribution in [0.25, 0.3) is 6.08 Å². The molecule has 2 aromatic rings. The van der Waals surface area contributed by atoms with Crippen LogP contribution in [0.1, 0.15) is 62.4 Å². The third-order valence-corrected chi connectivity index (χ3v) is 8.99. The predicted molar refractivity (Wildman–Crippen MR) is 155 cm³/mol. The first-order valence-electron chi connectivity index (χ1n) is 13.7. The maximum Gasteiger partial charge on any atom is 0.500 e. The third-order valence-electron chi connectivity index (χ3n) is 5.84. The minimum atomic E-state index is -2.59. The number of carbonyl (C=O) groups is 2. The first-order valence-corrected chi connectivity index (χ1v) is 15.6. The molecular weight excluding hydrogens is 532 g/mol. The molecule has 220 valence electrons. The molecule has 0 aliphatic rings. The minimum Gasteiger partial charge on any atom is -0.493 e. The first kappa shape index (κ1) is 33.0. The molecule has 0 aliphatic carbocycles. The second-order valence-electron chi connectivity index (χ2n) is 8.68. The van der Waals surface area contributed by atoms with Crippen molar-refractivity contribution >= 4 is 26.8 Å². The summed E-state index contributed by atoms with van der Waals surface area (Å²) in [6, 6.07) is 12.4.